The van der Waals surface area contributed by atoms with Gasteiger partial charge < -0.3 is 15.5 Å². The summed E-state index contributed by atoms with van der Waals surface area (Å²) >= 11 is 0. The molecule has 2 aliphatic rings. The van der Waals surface area contributed by atoms with Crippen LogP contribution in [0.4, 0.5) is 11.6 Å². The molecule has 1 aromatic heterocycles. The Hall–Kier alpha value is -1.85. The second kappa shape index (κ2) is 6.07. The van der Waals surface area contributed by atoms with E-state index in [1.807, 2.05) is 6.07 Å². The number of amides is 1. The lowest BCUT2D eigenvalue weighted by Crippen LogP contribution is -2.30. The Morgan fingerprint density at radius 2 is 2.05 bits per heavy atom. The number of hydrogen-bond acceptors (Lipinski definition) is 5. The van der Waals surface area contributed by atoms with Gasteiger partial charge in [-0.3, -0.25) is 4.79 Å². The summed E-state index contributed by atoms with van der Waals surface area (Å²) < 4.78 is 0. The smallest absolute Gasteiger partial charge is 0.223 e. The average molecular weight is 275 g/mol. The highest BCUT2D eigenvalue weighted by atomic mass is 16.2. The number of nitrogens with one attached hydrogen (secondary N) is 2. The number of carbonyl (C=O) groups excluding carboxylic acids is 1. The normalized spacial score (nSPS) is 18.1. The Morgan fingerprint density at radius 1 is 1.25 bits per heavy atom. The van der Waals surface area contributed by atoms with E-state index < -0.39 is 0 Å². The molecule has 0 atom stereocenters. The molecule has 1 amide bonds. The van der Waals surface area contributed by atoms with Gasteiger partial charge in [0.2, 0.25) is 5.91 Å². The molecule has 1 aliphatic heterocycles. The number of rotatable bonds is 6. The monoisotopic (exact) mass is 275 g/mol. The van der Waals surface area contributed by atoms with Crippen LogP contribution in [0.5, 0.6) is 0 Å². The molecule has 108 valence electrons. The van der Waals surface area contributed by atoms with E-state index >= 15 is 0 Å². The summed E-state index contributed by atoms with van der Waals surface area (Å²) in [6.07, 6.45) is 6.16. The van der Waals surface area contributed by atoms with Crippen molar-refractivity contribution in [1.82, 2.24) is 15.3 Å². The maximum absolute atomic E-state index is 11.5. The third kappa shape index (κ3) is 3.37. The van der Waals surface area contributed by atoms with Crippen molar-refractivity contribution in [3.05, 3.63) is 12.4 Å². The largest absolute Gasteiger partial charge is 0.368 e. The molecule has 0 spiro atoms. The second-order valence-electron chi connectivity index (χ2n) is 5.45. The highest BCUT2D eigenvalue weighted by Crippen LogP contribution is 2.28. The highest BCUT2D eigenvalue weighted by molar-refractivity contribution is 5.80. The standard InChI is InChI=1S/C14H21N5O/c20-14(11-3-4-11)16-6-5-15-12-9-13(18-10-17-12)19-7-1-2-8-19/h9-11H,1-8H2,(H,16,20)(H,15,17,18). The quantitative estimate of drug-likeness (QED) is 0.758. The molecule has 3 rings (SSSR count). The SMILES string of the molecule is O=C(NCCNc1cc(N2CCCC2)ncn1)C1CC1. The second-order valence-corrected chi connectivity index (χ2v) is 5.45. The van der Waals surface area contributed by atoms with Crippen LogP contribution in [0.3, 0.4) is 0 Å². The number of aromatic nitrogens is 2. The lowest BCUT2D eigenvalue weighted by molar-refractivity contribution is -0.122. The third-order valence-electron chi connectivity index (χ3n) is 3.76. The van der Waals surface area contributed by atoms with Crippen molar-refractivity contribution >= 4 is 17.5 Å². The Balaban J connectivity index is 1.44. The molecule has 1 aromatic rings. The minimum absolute atomic E-state index is 0.187. The van der Waals surface area contributed by atoms with Crippen LogP contribution in [-0.4, -0.2) is 42.1 Å². The number of nitrogens with zero attached hydrogens (tertiary/aromatic N) is 3. The molecule has 6 heteroatoms. The minimum atomic E-state index is 0.187. The first-order chi connectivity index (χ1) is 9.83. The molecule has 1 saturated carbocycles. The Labute approximate surface area is 119 Å². The molecular formula is C14H21N5O. The van der Waals surface area contributed by atoms with Crippen molar-refractivity contribution in [2.45, 2.75) is 25.7 Å². The zero-order valence-corrected chi connectivity index (χ0v) is 11.6. The molecule has 1 saturated heterocycles. The van der Waals surface area contributed by atoms with Gasteiger partial charge in [0.1, 0.15) is 18.0 Å². The van der Waals surface area contributed by atoms with E-state index in [-0.39, 0.29) is 11.8 Å². The molecule has 6 nitrogen and oxygen atoms in total. The van der Waals surface area contributed by atoms with Crippen LogP contribution in [0.25, 0.3) is 0 Å². The zero-order chi connectivity index (χ0) is 13.8. The molecule has 1 aliphatic carbocycles. The minimum Gasteiger partial charge on any atom is -0.368 e. The summed E-state index contributed by atoms with van der Waals surface area (Å²) in [5, 5.41) is 6.16. The van der Waals surface area contributed by atoms with Crippen molar-refractivity contribution in [3.8, 4) is 0 Å². The fourth-order valence-corrected chi connectivity index (χ4v) is 2.43. The lowest BCUT2D eigenvalue weighted by Gasteiger charge is -2.16. The van der Waals surface area contributed by atoms with Crippen molar-refractivity contribution in [2.75, 3.05) is 36.4 Å². The van der Waals surface area contributed by atoms with Gasteiger partial charge in [0.25, 0.3) is 0 Å². The summed E-state index contributed by atoms with van der Waals surface area (Å²) in [6, 6.07) is 1.98. The average Bonchev–Trinajstić information content (AvgIpc) is 3.19. The third-order valence-corrected chi connectivity index (χ3v) is 3.76. The molecule has 0 radical (unpaired) electrons. The van der Waals surface area contributed by atoms with Gasteiger partial charge in [-0.1, -0.05) is 0 Å². The van der Waals surface area contributed by atoms with Gasteiger partial charge in [-0.25, -0.2) is 9.97 Å². The Morgan fingerprint density at radius 3 is 2.80 bits per heavy atom. The predicted molar refractivity (Wildman–Crippen MR) is 77.7 cm³/mol. The van der Waals surface area contributed by atoms with E-state index in [1.54, 1.807) is 6.33 Å². The maximum atomic E-state index is 11.5. The van der Waals surface area contributed by atoms with Gasteiger partial charge in [-0.2, -0.15) is 0 Å². The highest BCUT2D eigenvalue weighted by Gasteiger charge is 2.28. The Kier molecular flexibility index (Phi) is 3.99. The molecule has 0 bridgehead atoms. The number of hydrogen-bond donors (Lipinski definition) is 2. The van der Waals surface area contributed by atoms with Gasteiger partial charge in [-0.15, -0.1) is 0 Å². The Bertz CT molecular complexity index is 468. The van der Waals surface area contributed by atoms with Crippen molar-refractivity contribution in [2.24, 2.45) is 5.92 Å². The summed E-state index contributed by atoms with van der Waals surface area (Å²) in [5.41, 5.74) is 0. The first-order valence-electron chi connectivity index (χ1n) is 7.41. The molecule has 2 N–H and O–H groups in total. The van der Waals surface area contributed by atoms with Gasteiger partial charge in [0.15, 0.2) is 0 Å². The van der Waals surface area contributed by atoms with E-state index in [9.17, 15) is 4.79 Å². The summed E-state index contributed by atoms with van der Waals surface area (Å²) in [6.45, 7) is 3.48. The van der Waals surface area contributed by atoms with E-state index in [0.717, 1.165) is 37.6 Å². The molecular weight excluding hydrogens is 254 g/mol. The zero-order valence-electron chi connectivity index (χ0n) is 11.6. The number of anilines is 2. The number of carbonyl (C=O) groups is 1. The first-order valence-corrected chi connectivity index (χ1v) is 7.41. The van der Waals surface area contributed by atoms with Crippen LogP contribution in [0.1, 0.15) is 25.7 Å². The van der Waals surface area contributed by atoms with Crippen LogP contribution in [0.15, 0.2) is 12.4 Å². The van der Waals surface area contributed by atoms with Gasteiger partial charge >= 0.3 is 0 Å². The topological polar surface area (TPSA) is 70.2 Å². The molecule has 0 unspecified atom stereocenters. The predicted octanol–water partition coefficient (Wildman–Crippen LogP) is 1.01. The first kappa shape index (κ1) is 13.1. The molecule has 20 heavy (non-hydrogen) atoms. The summed E-state index contributed by atoms with van der Waals surface area (Å²) in [4.78, 5) is 22.3. The molecule has 2 heterocycles. The van der Waals surface area contributed by atoms with E-state index in [0.29, 0.717) is 13.1 Å². The molecule has 2 fully saturated rings. The fraction of sp³-hybridized carbons (Fsp3) is 0.643. The van der Waals surface area contributed by atoms with Crippen molar-refractivity contribution < 1.29 is 4.79 Å². The van der Waals surface area contributed by atoms with Crippen LogP contribution in [0.2, 0.25) is 0 Å². The lowest BCUT2D eigenvalue weighted by atomic mass is 10.4. The van der Waals surface area contributed by atoms with E-state index in [4.69, 9.17) is 0 Å². The maximum Gasteiger partial charge on any atom is 0.223 e. The van der Waals surface area contributed by atoms with Crippen LogP contribution >= 0.6 is 0 Å². The van der Waals surface area contributed by atoms with E-state index in [1.165, 1.54) is 12.8 Å². The van der Waals surface area contributed by atoms with Crippen molar-refractivity contribution in [3.63, 3.8) is 0 Å². The van der Waals surface area contributed by atoms with Crippen LogP contribution in [-0.2, 0) is 4.79 Å². The summed E-state index contributed by atoms with van der Waals surface area (Å²) in [5.74, 6) is 2.27. The van der Waals surface area contributed by atoms with Gasteiger partial charge in [0.05, 0.1) is 0 Å². The van der Waals surface area contributed by atoms with Crippen molar-refractivity contribution in [1.29, 1.82) is 0 Å². The fourth-order valence-electron chi connectivity index (χ4n) is 2.43. The van der Waals surface area contributed by atoms with Gasteiger partial charge in [0, 0.05) is 38.2 Å². The van der Waals surface area contributed by atoms with Gasteiger partial charge in [-0.05, 0) is 25.7 Å². The molecule has 0 aromatic carbocycles. The summed E-state index contributed by atoms with van der Waals surface area (Å²) in [7, 11) is 0. The van der Waals surface area contributed by atoms with Crippen LogP contribution in [0, 0.1) is 5.92 Å². The van der Waals surface area contributed by atoms with Crippen LogP contribution < -0.4 is 15.5 Å². The van der Waals surface area contributed by atoms with E-state index in [2.05, 4.69) is 25.5 Å².